The number of carbonyl (C=O) groups is 5. The summed E-state index contributed by atoms with van der Waals surface area (Å²) in [4.78, 5) is 70.7. The van der Waals surface area contributed by atoms with Crippen LogP contribution in [0.3, 0.4) is 0 Å². The van der Waals surface area contributed by atoms with Gasteiger partial charge in [-0.1, -0.05) is 42.5 Å². The molecule has 3 aliphatic rings. The minimum absolute atomic E-state index is 0.0454. The maximum atomic E-state index is 14.5. The van der Waals surface area contributed by atoms with E-state index in [9.17, 15) is 29.1 Å². The summed E-state index contributed by atoms with van der Waals surface area (Å²) >= 11 is 0. The van der Waals surface area contributed by atoms with E-state index in [-0.39, 0.29) is 51.4 Å². The first kappa shape index (κ1) is 38.4. The van der Waals surface area contributed by atoms with Crippen LogP contribution in [0, 0.1) is 0 Å². The maximum absolute atomic E-state index is 14.5. The van der Waals surface area contributed by atoms with Crippen LogP contribution >= 0.6 is 0 Å². The molecule has 2 bridgehead atoms. The SMILES string of the molecule is C[C@@H]1NC(=O)[C@H](CO)NC(=O)[C@@H](Cc2ccccc2)NC(=O)C2(CCN(C(=O)c3ccc(-c4nnn(C)n4)cc3)CC2)Oc2ccc(cc2)OCCNC1=O. The minimum atomic E-state index is -1.51. The number of carbonyl (C=O) groups excluding carboxylic acids is 5. The lowest BCUT2D eigenvalue weighted by Crippen LogP contribution is -2.62. The van der Waals surface area contributed by atoms with Crippen LogP contribution < -0.4 is 30.7 Å². The van der Waals surface area contributed by atoms with Gasteiger partial charge in [0.2, 0.25) is 23.5 Å². The fourth-order valence-corrected chi connectivity index (χ4v) is 6.31. The van der Waals surface area contributed by atoms with Gasteiger partial charge in [-0.05, 0) is 54.1 Å². The van der Waals surface area contributed by atoms with Crippen molar-refractivity contribution < 1.29 is 38.6 Å². The number of hydrogen-bond donors (Lipinski definition) is 5. The molecule has 3 atom stereocenters. The summed E-state index contributed by atoms with van der Waals surface area (Å²) in [7, 11) is 1.66. The van der Waals surface area contributed by atoms with Gasteiger partial charge >= 0.3 is 0 Å². The number of aryl methyl sites for hydroxylation is 1. The van der Waals surface area contributed by atoms with E-state index in [1.807, 2.05) is 6.07 Å². The monoisotopic (exact) mass is 753 g/mol. The number of aliphatic hydroxyl groups is 1. The molecule has 5 N–H and O–H groups in total. The average Bonchev–Trinajstić information content (AvgIpc) is 3.64. The number of hydrogen-bond acceptors (Lipinski definition) is 11. The van der Waals surface area contributed by atoms with Gasteiger partial charge in [0, 0.05) is 43.5 Å². The zero-order valence-electron chi connectivity index (χ0n) is 30.4. The number of nitrogens with one attached hydrogen (secondary N) is 4. The van der Waals surface area contributed by atoms with Crippen LogP contribution in [-0.2, 0) is 32.6 Å². The van der Waals surface area contributed by atoms with Crippen molar-refractivity contribution in [1.82, 2.24) is 46.4 Å². The summed E-state index contributed by atoms with van der Waals surface area (Å²) in [6.07, 6.45) is 0.219. The summed E-state index contributed by atoms with van der Waals surface area (Å²) in [5.74, 6) is -1.56. The van der Waals surface area contributed by atoms with Gasteiger partial charge in [0.05, 0.1) is 20.2 Å². The standard InChI is InChI=1S/C38H43N9O8/c1-24-33(49)39-18-21-54-28-12-14-29(15-13-28)55-38(16-19-47(20-17-38)36(52)27-10-8-26(9-11-27)32-43-45-46(2)44-32)37(53)42-30(22-25-6-4-3-5-7-25)34(50)41-31(23-48)35(51)40-24/h3-15,24,30-31,48H,16-23H2,1-2H3,(H,39,49)(H,40,51)(H,41,50)(H,42,53)/t24-,30+,31-/m0/s1. The van der Waals surface area contributed by atoms with E-state index in [1.54, 1.807) is 84.7 Å². The zero-order valence-corrected chi connectivity index (χ0v) is 30.4. The third kappa shape index (κ3) is 9.42. The topological polar surface area (TPSA) is 219 Å². The number of rotatable bonds is 5. The van der Waals surface area contributed by atoms with E-state index in [0.29, 0.717) is 28.5 Å². The highest BCUT2D eigenvalue weighted by atomic mass is 16.5. The van der Waals surface area contributed by atoms with Crippen molar-refractivity contribution in [2.75, 3.05) is 32.8 Å². The summed E-state index contributed by atoms with van der Waals surface area (Å²) in [5.41, 5.74) is 0.356. The lowest BCUT2D eigenvalue weighted by molar-refractivity contribution is -0.144. The molecule has 0 saturated carbocycles. The highest BCUT2D eigenvalue weighted by Gasteiger charge is 2.46. The Morgan fingerprint density at radius 1 is 0.855 bits per heavy atom. The third-order valence-electron chi connectivity index (χ3n) is 9.45. The molecular formula is C38H43N9O8. The molecule has 1 fully saturated rings. The lowest BCUT2D eigenvalue weighted by atomic mass is 9.88. The number of aromatic nitrogens is 4. The predicted molar refractivity (Wildman–Crippen MR) is 196 cm³/mol. The van der Waals surface area contributed by atoms with Crippen LogP contribution in [0.15, 0.2) is 78.9 Å². The first-order valence-electron chi connectivity index (χ1n) is 17.9. The molecule has 17 nitrogen and oxygen atoms in total. The Kier molecular flexibility index (Phi) is 12.0. The van der Waals surface area contributed by atoms with Crippen molar-refractivity contribution in [3.63, 3.8) is 0 Å². The normalized spacial score (nSPS) is 21.0. The second kappa shape index (κ2) is 17.2. The summed E-state index contributed by atoms with van der Waals surface area (Å²) < 4.78 is 12.3. The van der Waals surface area contributed by atoms with Gasteiger partial charge in [0.15, 0.2) is 5.60 Å². The summed E-state index contributed by atoms with van der Waals surface area (Å²) in [6.45, 7) is 1.29. The van der Waals surface area contributed by atoms with E-state index in [1.165, 1.54) is 11.7 Å². The average molecular weight is 754 g/mol. The van der Waals surface area contributed by atoms with Gasteiger partial charge < -0.3 is 40.7 Å². The molecule has 7 rings (SSSR count). The summed E-state index contributed by atoms with van der Waals surface area (Å²) in [6, 6.07) is 18.9. The molecule has 0 radical (unpaired) electrons. The Morgan fingerprint density at radius 3 is 2.18 bits per heavy atom. The first-order valence-corrected chi connectivity index (χ1v) is 17.9. The molecule has 1 saturated heterocycles. The fourth-order valence-electron chi connectivity index (χ4n) is 6.31. The molecule has 55 heavy (non-hydrogen) atoms. The van der Waals surface area contributed by atoms with Gasteiger partial charge in [0.25, 0.3) is 11.8 Å². The Hall–Kier alpha value is -6.36. The number of piperidine rings is 1. The first-order chi connectivity index (χ1) is 26.5. The number of amides is 5. The fraction of sp³-hybridized carbons (Fsp3) is 0.368. The molecule has 0 aliphatic carbocycles. The number of ether oxygens (including phenoxy) is 2. The number of nitrogens with zero attached hydrogens (tertiary/aromatic N) is 5. The Bertz CT molecular complexity index is 1980. The van der Waals surface area contributed by atoms with Crippen LogP contribution in [0.2, 0.25) is 0 Å². The van der Waals surface area contributed by atoms with Gasteiger partial charge in [-0.15, -0.1) is 10.2 Å². The van der Waals surface area contributed by atoms with Crippen LogP contribution in [0.4, 0.5) is 0 Å². The largest absolute Gasteiger partial charge is 0.492 e. The molecule has 4 aromatic rings. The molecule has 5 amide bonds. The van der Waals surface area contributed by atoms with Crippen molar-refractivity contribution in [2.45, 2.75) is 49.9 Å². The van der Waals surface area contributed by atoms with Gasteiger partial charge in [-0.3, -0.25) is 24.0 Å². The number of tetrazole rings is 1. The van der Waals surface area contributed by atoms with Crippen molar-refractivity contribution >= 4 is 29.5 Å². The van der Waals surface area contributed by atoms with Crippen LogP contribution in [0.5, 0.6) is 11.5 Å². The van der Waals surface area contributed by atoms with Gasteiger partial charge in [-0.2, -0.15) is 4.80 Å². The second-order valence-corrected chi connectivity index (χ2v) is 13.4. The van der Waals surface area contributed by atoms with Gasteiger partial charge in [-0.25, -0.2) is 0 Å². The van der Waals surface area contributed by atoms with Crippen LogP contribution in [-0.4, -0.2) is 116 Å². The van der Waals surface area contributed by atoms with E-state index < -0.39 is 54.0 Å². The van der Waals surface area contributed by atoms with Crippen LogP contribution in [0.1, 0.15) is 35.7 Å². The molecule has 0 unspecified atom stereocenters. The van der Waals surface area contributed by atoms with E-state index in [2.05, 4.69) is 36.7 Å². The minimum Gasteiger partial charge on any atom is -0.492 e. The van der Waals surface area contributed by atoms with Crippen molar-refractivity contribution in [3.8, 4) is 22.9 Å². The molecule has 3 aliphatic heterocycles. The molecule has 4 heterocycles. The quantitative estimate of drug-likeness (QED) is 0.173. The van der Waals surface area contributed by atoms with Crippen molar-refractivity contribution in [3.05, 3.63) is 90.0 Å². The molecular weight excluding hydrogens is 710 g/mol. The lowest BCUT2D eigenvalue weighted by Gasteiger charge is -2.41. The van der Waals surface area contributed by atoms with E-state index >= 15 is 0 Å². The third-order valence-corrected chi connectivity index (χ3v) is 9.45. The smallest absolute Gasteiger partial charge is 0.265 e. The van der Waals surface area contributed by atoms with Gasteiger partial charge in [0.1, 0.15) is 36.2 Å². The predicted octanol–water partition coefficient (Wildman–Crippen LogP) is 0.149. The Balaban J connectivity index is 1.26. The van der Waals surface area contributed by atoms with Crippen molar-refractivity contribution in [2.24, 2.45) is 7.05 Å². The number of benzene rings is 3. The zero-order chi connectivity index (χ0) is 39.0. The number of fused-ring (bicyclic) bond motifs is 15. The molecule has 1 spiro atoms. The van der Waals surface area contributed by atoms with Crippen molar-refractivity contribution in [1.29, 1.82) is 0 Å². The number of likely N-dealkylation sites (tertiary alicyclic amines) is 1. The second-order valence-electron chi connectivity index (χ2n) is 13.4. The maximum Gasteiger partial charge on any atom is 0.265 e. The molecule has 1 aromatic heterocycles. The highest BCUT2D eigenvalue weighted by molar-refractivity contribution is 5.97. The Labute approximate surface area is 316 Å². The van der Waals surface area contributed by atoms with E-state index in [4.69, 9.17) is 9.47 Å². The molecule has 17 heteroatoms. The van der Waals surface area contributed by atoms with E-state index in [0.717, 1.165) is 5.56 Å². The van der Waals surface area contributed by atoms with Crippen LogP contribution in [0.25, 0.3) is 11.4 Å². The molecule has 288 valence electrons. The highest BCUT2D eigenvalue weighted by Crippen LogP contribution is 2.32. The number of aliphatic hydroxyl groups excluding tert-OH is 1. The Morgan fingerprint density at radius 2 is 1.53 bits per heavy atom. The molecule has 3 aromatic carbocycles. The summed E-state index contributed by atoms with van der Waals surface area (Å²) in [5, 5.41) is 32.7.